The fourth-order valence-electron chi connectivity index (χ4n) is 2.61. The van der Waals surface area contributed by atoms with Gasteiger partial charge in [-0.05, 0) is 25.1 Å². The molecule has 1 fully saturated rings. The molecule has 0 bridgehead atoms. The third kappa shape index (κ3) is 2.89. The molecule has 8 nitrogen and oxygen atoms in total. The number of benzene rings is 1. The number of ether oxygens (including phenoxy) is 1. The number of rotatable bonds is 4. The fourth-order valence-corrected chi connectivity index (χ4v) is 4.38. The summed E-state index contributed by atoms with van der Waals surface area (Å²) in [5.41, 5.74) is 0.713. The van der Waals surface area contributed by atoms with E-state index in [1.165, 1.54) is 21.2 Å². The van der Waals surface area contributed by atoms with Gasteiger partial charge in [0.25, 0.3) is 5.78 Å². The molecular formula is C15H13ClFN5O3S. The fraction of sp³-hybridized carbons (Fsp3) is 0.267. The van der Waals surface area contributed by atoms with Gasteiger partial charge in [0.1, 0.15) is 18.2 Å². The molecule has 0 radical (unpaired) electrons. The number of nitrogens with zero attached hydrogens (tertiary/aromatic N) is 5. The number of aromatic nitrogens is 4. The monoisotopic (exact) mass is 397 g/mol. The van der Waals surface area contributed by atoms with E-state index in [0.717, 1.165) is 12.1 Å². The Morgan fingerprint density at radius 2 is 2.08 bits per heavy atom. The molecule has 136 valence electrons. The number of hydrogen-bond acceptors (Lipinski definition) is 6. The Hall–Kier alpha value is -2.30. The minimum Gasteiger partial charge on any atom is -0.471 e. The van der Waals surface area contributed by atoms with Crippen LogP contribution in [0.15, 0.2) is 35.5 Å². The zero-order chi connectivity index (χ0) is 18.5. The Labute approximate surface area is 153 Å². The lowest BCUT2D eigenvalue weighted by Gasteiger charge is -2.37. The SMILES string of the molecule is Cc1cc(OC2CN(S(=O)(=O)c3ccc(F)c(Cl)c3)C2)n2ncnc2n1. The van der Waals surface area contributed by atoms with Gasteiger partial charge in [-0.3, -0.25) is 0 Å². The van der Waals surface area contributed by atoms with Crippen molar-refractivity contribution in [2.45, 2.75) is 17.9 Å². The molecule has 0 aliphatic carbocycles. The van der Waals surface area contributed by atoms with E-state index in [0.29, 0.717) is 17.4 Å². The van der Waals surface area contributed by atoms with Crippen molar-refractivity contribution in [1.82, 2.24) is 23.9 Å². The van der Waals surface area contributed by atoms with Gasteiger partial charge in [0.05, 0.1) is 23.0 Å². The van der Waals surface area contributed by atoms with Crippen molar-refractivity contribution in [2.75, 3.05) is 13.1 Å². The van der Waals surface area contributed by atoms with Gasteiger partial charge in [0, 0.05) is 11.8 Å². The van der Waals surface area contributed by atoms with Crippen molar-refractivity contribution in [3.8, 4) is 5.88 Å². The number of hydrogen-bond donors (Lipinski definition) is 0. The van der Waals surface area contributed by atoms with Gasteiger partial charge < -0.3 is 4.74 Å². The molecule has 11 heteroatoms. The Bertz CT molecular complexity index is 1100. The molecule has 0 unspecified atom stereocenters. The molecule has 0 spiro atoms. The lowest BCUT2D eigenvalue weighted by molar-refractivity contribution is 0.0697. The van der Waals surface area contributed by atoms with E-state index in [1.54, 1.807) is 13.0 Å². The molecule has 0 saturated carbocycles. The Kier molecular flexibility index (Phi) is 4.05. The van der Waals surface area contributed by atoms with Crippen LogP contribution in [-0.4, -0.2) is 51.5 Å². The average molecular weight is 398 g/mol. The topological polar surface area (TPSA) is 89.7 Å². The maximum Gasteiger partial charge on any atom is 0.255 e. The Balaban J connectivity index is 1.49. The van der Waals surface area contributed by atoms with Gasteiger partial charge in [0.2, 0.25) is 15.9 Å². The van der Waals surface area contributed by atoms with E-state index in [4.69, 9.17) is 16.3 Å². The Morgan fingerprint density at radius 1 is 1.31 bits per heavy atom. The second kappa shape index (κ2) is 6.15. The molecule has 1 aliphatic rings. The van der Waals surface area contributed by atoms with E-state index >= 15 is 0 Å². The first-order valence-electron chi connectivity index (χ1n) is 7.64. The zero-order valence-electron chi connectivity index (χ0n) is 13.5. The third-order valence-corrected chi connectivity index (χ3v) is 6.10. The molecule has 0 amide bonds. The second-order valence-electron chi connectivity index (χ2n) is 5.85. The standard InChI is InChI=1S/C15H13ClFN5O3S/c1-9-4-14(22-15(20-9)18-8-19-22)25-10-6-21(7-10)26(23,24)11-2-3-13(17)12(16)5-11/h2-5,8,10H,6-7H2,1H3. The van der Waals surface area contributed by atoms with Crippen LogP contribution in [0.5, 0.6) is 5.88 Å². The van der Waals surface area contributed by atoms with Gasteiger partial charge in [-0.25, -0.2) is 17.8 Å². The molecule has 26 heavy (non-hydrogen) atoms. The number of halogens is 2. The summed E-state index contributed by atoms with van der Waals surface area (Å²) in [4.78, 5) is 8.17. The van der Waals surface area contributed by atoms with Crippen LogP contribution in [0.1, 0.15) is 5.69 Å². The first-order valence-corrected chi connectivity index (χ1v) is 9.45. The lowest BCUT2D eigenvalue weighted by atomic mass is 10.2. The van der Waals surface area contributed by atoms with Crippen LogP contribution in [0.2, 0.25) is 5.02 Å². The molecule has 0 atom stereocenters. The third-order valence-electron chi connectivity index (χ3n) is 3.98. The highest BCUT2D eigenvalue weighted by Crippen LogP contribution is 2.27. The van der Waals surface area contributed by atoms with Gasteiger partial charge in [0.15, 0.2) is 0 Å². The van der Waals surface area contributed by atoms with Gasteiger partial charge in [-0.1, -0.05) is 11.6 Å². The molecule has 4 rings (SSSR count). The van der Waals surface area contributed by atoms with Crippen LogP contribution >= 0.6 is 11.6 Å². The van der Waals surface area contributed by atoms with Crippen molar-refractivity contribution in [3.63, 3.8) is 0 Å². The maximum absolute atomic E-state index is 13.2. The number of sulfonamides is 1. The van der Waals surface area contributed by atoms with Gasteiger partial charge >= 0.3 is 0 Å². The van der Waals surface area contributed by atoms with Crippen LogP contribution in [0.25, 0.3) is 5.78 Å². The van der Waals surface area contributed by atoms with Crippen molar-refractivity contribution in [1.29, 1.82) is 0 Å². The molecule has 0 N–H and O–H groups in total. The smallest absolute Gasteiger partial charge is 0.255 e. The van der Waals surface area contributed by atoms with Crippen molar-refractivity contribution in [3.05, 3.63) is 47.1 Å². The van der Waals surface area contributed by atoms with E-state index in [9.17, 15) is 12.8 Å². The number of fused-ring (bicyclic) bond motifs is 1. The predicted molar refractivity (Wildman–Crippen MR) is 90.1 cm³/mol. The summed E-state index contributed by atoms with van der Waals surface area (Å²) in [6, 6.07) is 5.03. The molecule has 1 aliphatic heterocycles. The highest BCUT2D eigenvalue weighted by Gasteiger charge is 2.38. The summed E-state index contributed by atoms with van der Waals surface area (Å²) in [7, 11) is -3.75. The molecular weight excluding hydrogens is 385 g/mol. The van der Waals surface area contributed by atoms with Gasteiger partial charge in [-0.2, -0.15) is 18.9 Å². The van der Waals surface area contributed by atoms with Crippen LogP contribution in [0.4, 0.5) is 4.39 Å². The minimum absolute atomic E-state index is 0.0548. The van der Waals surface area contributed by atoms with Crippen molar-refractivity contribution < 1.29 is 17.5 Å². The largest absolute Gasteiger partial charge is 0.471 e. The molecule has 3 heterocycles. The van der Waals surface area contributed by atoms with Crippen molar-refractivity contribution >= 4 is 27.4 Å². The summed E-state index contributed by atoms with van der Waals surface area (Å²) >= 11 is 5.68. The van der Waals surface area contributed by atoms with Crippen molar-refractivity contribution in [2.24, 2.45) is 0 Å². The van der Waals surface area contributed by atoms with Crippen LogP contribution in [-0.2, 0) is 10.0 Å². The van der Waals surface area contributed by atoms with Crippen LogP contribution in [0.3, 0.4) is 0 Å². The Morgan fingerprint density at radius 3 is 2.81 bits per heavy atom. The molecule has 3 aromatic rings. The quantitative estimate of drug-likeness (QED) is 0.665. The number of aryl methyl sites for hydroxylation is 1. The van der Waals surface area contributed by atoms with E-state index in [1.807, 2.05) is 0 Å². The van der Waals surface area contributed by atoms with Crippen LogP contribution < -0.4 is 4.74 Å². The molecule has 1 saturated heterocycles. The summed E-state index contributed by atoms with van der Waals surface area (Å²) in [5, 5.41) is 3.80. The van der Waals surface area contributed by atoms with Gasteiger partial charge in [-0.15, -0.1) is 0 Å². The minimum atomic E-state index is -3.75. The summed E-state index contributed by atoms with van der Waals surface area (Å²) in [6.45, 7) is 2.13. The maximum atomic E-state index is 13.2. The normalized spacial score (nSPS) is 16.0. The highest BCUT2D eigenvalue weighted by atomic mass is 35.5. The lowest BCUT2D eigenvalue weighted by Crippen LogP contribution is -2.56. The molecule has 2 aromatic heterocycles. The zero-order valence-corrected chi connectivity index (χ0v) is 15.1. The van der Waals surface area contributed by atoms with E-state index in [-0.39, 0.29) is 29.1 Å². The summed E-state index contributed by atoms with van der Waals surface area (Å²) in [5.74, 6) is 0.182. The highest BCUT2D eigenvalue weighted by molar-refractivity contribution is 7.89. The summed E-state index contributed by atoms with van der Waals surface area (Å²) < 4.78 is 46.9. The first kappa shape index (κ1) is 17.1. The van der Waals surface area contributed by atoms with Crippen LogP contribution in [0, 0.1) is 12.7 Å². The molecule has 1 aromatic carbocycles. The second-order valence-corrected chi connectivity index (χ2v) is 8.19. The van der Waals surface area contributed by atoms with E-state index in [2.05, 4.69) is 15.1 Å². The average Bonchev–Trinajstić information content (AvgIpc) is 3.00. The first-order chi connectivity index (χ1) is 12.3. The summed E-state index contributed by atoms with van der Waals surface area (Å²) in [6.07, 6.45) is 1.03. The van der Waals surface area contributed by atoms with E-state index < -0.39 is 15.8 Å². The predicted octanol–water partition coefficient (Wildman–Crippen LogP) is 1.68.